The van der Waals surface area contributed by atoms with E-state index in [4.69, 9.17) is 0 Å². The fraction of sp³-hybridized carbons (Fsp3) is 0.312. The molecule has 0 aliphatic rings. The fourth-order valence-corrected chi connectivity index (χ4v) is 2.75. The molecule has 2 rings (SSSR count). The van der Waals surface area contributed by atoms with E-state index in [1.165, 1.54) is 12.1 Å². The number of hydrogen-bond donors (Lipinski definition) is 1. The van der Waals surface area contributed by atoms with Gasteiger partial charge in [-0.1, -0.05) is 24.3 Å². The molecule has 0 atom stereocenters. The Balaban J connectivity index is 1.87. The van der Waals surface area contributed by atoms with Gasteiger partial charge in [-0.25, -0.2) is 0 Å². The second-order valence-electron chi connectivity index (χ2n) is 5.18. The largest absolute Gasteiger partial charge is 0.573 e. The maximum atomic E-state index is 12.4. The van der Waals surface area contributed by atoms with Crippen LogP contribution >= 0.6 is 11.3 Å². The third kappa shape index (κ3) is 6.21. The number of para-hydroxylation sites is 1. The number of likely N-dealkylation sites (N-methyl/N-ethyl adjacent to an activating group) is 1. The Morgan fingerprint density at radius 1 is 1.25 bits per heavy atom. The van der Waals surface area contributed by atoms with Gasteiger partial charge in [0.05, 0.1) is 13.1 Å². The van der Waals surface area contributed by atoms with E-state index in [1.807, 2.05) is 17.5 Å². The SMILES string of the molecule is CN(CC(=O)NCc1cccs1)Cc1ccccc1OC(F)(F)F. The summed E-state index contributed by atoms with van der Waals surface area (Å²) in [7, 11) is 1.66. The molecule has 8 heteroatoms. The Morgan fingerprint density at radius 3 is 2.67 bits per heavy atom. The van der Waals surface area contributed by atoms with Crippen LogP contribution in [-0.2, 0) is 17.9 Å². The molecule has 130 valence electrons. The first-order valence-electron chi connectivity index (χ1n) is 7.15. The summed E-state index contributed by atoms with van der Waals surface area (Å²) in [4.78, 5) is 14.6. The Morgan fingerprint density at radius 2 is 2.00 bits per heavy atom. The van der Waals surface area contributed by atoms with Crippen LogP contribution in [0, 0.1) is 0 Å². The first-order chi connectivity index (χ1) is 11.3. The maximum absolute atomic E-state index is 12.4. The van der Waals surface area contributed by atoms with Gasteiger partial charge in [0.25, 0.3) is 0 Å². The molecule has 1 aromatic carbocycles. The smallest absolute Gasteiger partial charge is 0.405 e. The van der Waals surface area contributed by atoms with Gasteiger partial charge in [-0.3, -0.25) is 9.69 Å². The predicted octanol–water partition coefficient (Wildman–Crippen LogP) is 3.39. The minimum absolute atomic E-state index is 0.0751. The standard InChI is InChI=1S/C16H17F3N2O2S/c1-21(11-15(22)20-9-13-6-4-8-24-13)10-12-5-2-3-7-14(12)23-16(17,18)19/h2-8H,9-11H2,1H3,(H,20,22). The molecule has 0 spiro atoms. The van der Waals surface area contributed by atoms with Gasteiger partial charge in [-0.15, -0.1) is 24.5 Å². The third-order valence-corrected chi connectivity index (χ3v) is 3.97. The van der Waals surface area contributed by atoms with Gasteiger partial charge in [0.2, 0.25) is 5.91 Å². The number of nitrogens with one attached hydrogen (secondary N) is 1. The number of nitrogens with zero attached hydrogens (tertiary/aromatic N) is 1. The first kappa shape index (κ1) is 18.3. The molecule has 1 amide bonds. The fourth-order valence-electron chi connectivity index (χ4n) is 2.11. The van der Waals surface area contributed by atoms with Gasteiger partial charge < -0.3 is 10.1 Å². The van der Waals surface area contributed by atoms with Crippen molar-refractivity contribution in [2.75, 3.05) is 13.6 Å². The average Bonchev–Trinajstić information content (AvgIpc) is 2.99. The van der Waals surface area contributed by atoms with E-state index in [1.54, 1.807) is 35.4 Å². The summed E-state index contributed by atoms with van der Waals surface area (Å²) in [5.74, 6) is -0.448. The zero-order valence-electron chi connectivity index (χ0n) is 13.0. The maximum Gasteiger partial charge on any atom is 0.573 e. The molecule has 1 aromatic heterocycles. The van der Waals surface area contributed by atoms with Crippen LogP contribution in [0.15, 0.2) is 41.8 Å². The molecular formula is C16H17F3N2O2S. The molecule has 0 aliphatic carbocycles. The minimum Gasteiger partial charge on any atom is -0.405 e. The van der Waals surface area contributed by atoms with E-state index in [2.05, 4.69) is 10.1 Å². The molecule has 0 saturated heterocycles. The van der Waals surface area contributed by atoms with Gasteiger partial charge in [0.15, 0.2) is 0 Å². The highest BCUT2D eigenvalue weighted by Gasteiger charge is 2.32. The van der Waals surface area contributed by atoms with E-state index in [0.717, 1.165) is 4.88 Å². The number of ether oxygens (including phenoxy) is 1. The summed E-state index contributed by atoms with van der Waals surface area (Å²) in [5.41, 5.74) is 0.364. The lowest BCUT2D eigenvalue weighted by molar-refractivity contribution is -0.275. The average molecular weight is 358 g/mol. The van der Waals surface area contributed by atoms with E-state index < -0.39 is 6.36 Å². The van der Waals surface area contributed by atoms with Crippen molar-refractivity contribution in [1.82, 2.24) is 10.2 Å². The monoisotopic (exact) mass is 358 g/mol. The Kier molecular flexibility index (Phi) is 6.22. The van der Waals surface area contributed by atoms with Crippen LogP contribution in [0.1, 0.15) is 10.4 Å². The summed E-state index contributed by atoms with van der Waals surface area (Å²) in [6.07, 6.45) is -4.74. The Labute approximate surface area is 141 Å². The minimum atomic E-state index is -4.74. The third-order valence-electron chi connectivity index (χ3n) is 3.09. The molecular weight excluding hydrogens is 341 g/mol. The number of carbonyl (C=O) groups excluding carboxylic acids is 1. The summed E-state index contributed by atoms with van der Waals surface area (Å²) >= 11 is 1.54. The van der Waals surface area contributed by atoms with Crippen molar-refractivity contribution in [3.63, 3.8) is 0 Å². The number of thiophene rings is 1. The highest BCUT2D eigenvalue weighted by molar-refractivity contribution is 7.09. The number of rotatable bonds is 7. The van der Waals surface area contributed by atoms with Crippen molar-refractivity contribution in [3.05, 3.63) is 52.2 Å². The quantitative estimate of drug-likeness (QED) is 0.825. The van der Waals surface area contributed by atoms with Crippen LogP contribution in [-0.4, -0.2) is 30.8 Å². The van der Waals surface area contributed by atoms with Crippen LogP contribution < -0.4 is 10.1 Å². The van der Waals surface area contributed by atoms with Crippen molar-refractivity contribution in [2.45, 2.75) is 19.5 Å². The van der Waals surface area contributed by atoms with E-state index in [-0.39, 0.29) is 24.7 Å². The molecule has 0 fully saturated rings. The van der Waals surface area contributed by atoms with Crippen molar-refractivity contribution in [3.8, 4) is 5.75 Å². The number of amides is 1. The van der Waals surface area contributed by atoms with Gasteiger partial charge in [-0.05, 0) is 24.6 Å². The summed E-state index contributed by atoms with van der Waals surface area (Å²) in [6.45, 7) is 0.683. The summed E-state index contributed by atoms with van der Waals surface area (Å²) in [5, 5.41) is 4.69. The lowest BCUT2D eigenvalue weighted by Crippen LogP contribution is -2.34. The van der Waals surface area contributed by atoms with Crippen molar-refractivity contribution >= 4 is 17.2 Å². The highest BCUT2D eigenvalue weighted by atomic mass is 32.1. The number of halogens is 3. The lowest BCUT2D eigenvalue weighted by Gasteiger charge is -2.19. The number of hydrogen-bond acceptors (Lipinski definition) is 4. The molecule has 2 aromatic rings. The van der Waals surface area contributed by atoms with E-state index in [0.29, 0.717) is 12.1 Å². The van der Waals surface area contributed by atoms with Crippen LogP contribution in [0.3, 0.4) is 0 Å². The van der Waals surface area contributed by atoms with Crippen LogP contribution in [0.4, 0.5) is 13.2 Å². The van der Waals surface area contributed by atoms with Gasteiger partial charge >= 0.3 is 6.36 Å². The Hall–Kier alpha value is -2.06. The number of benzene rings is 1. The molecule has 0 aliphatic heterocycles. The lowest BCUT2D eigenvalue weighted by atomic mass is 10.2. The van der Waals surface area contributed by atoms with Crippen molar-refractivity contribution in [1.29, 1.82) is 0 Å². The van der Waals surface area contributed by atoms with Crippen LogP contribution in [0.5, 0.6) is 5.75 Å². The van der Waals surface area contributed by atoms with Crippen molar-refractivity contribution < 1.29 is 22.7 Å². The van der Waals surface area contributed by atoms with Gasteiger partial charge in [0.1, 0.15) is 5.75 Å². The van der Waals surface area contributed by atoms with E-state index in [9.17, 15) is 18.0 Å². The molecule has 0 radical (unpaired) electrons. The normalized spacial score (nSPS) is 11.5. The molecule has 1 N–H and O–H groups in total. The summed E-state index contributed by atoms with van der Waals surface area (Å²) < 4.78 is 41.2. The zero-order chi connectivity index (χ0) is 17.6. The summed E-state index contributed by atoms with van der Waals surface area (Å²) in [6, 6.07) is 9.71. The Bertz CT molecular complexity index is 660. The molecule has 4 nitrogen and oxygen atoms in total. The number of alkyl halides is 3. The predicted molar refractivity (Wildman–Crippen MR) is 85.6 cm³/mol. The molecule has 24 heavy (non-hydrogen) atoms. The second kappa shape index (κ2) is 8.16. The first-order valence-corrected chi connectivity index (χ1v) is 8.03. The molecule has 0 unspecified atom stereocenters. The highest BCUT2D eigenvalue weighted by Crippen LogP contribution is 2.26. The van der Waals surface area contributed by atoms with Crippen LogP contribution in [0.25, 0.3) is 0 Å². The number of carbonyl (C=O) groups is 1. The zero-order valence-corrected chi connectivity index (χ0v) is 13.8. The molecule has 1 heterocycles. The van der Waals surface area contributed by atoms with Crippen LogP contribution in [0.2, 0.25) is 0 Å². The van der Waals surface area contributed by atoms with Gasteiger partial charge in [0, 0.05) is 17.0 Å². The van der Waals surface area contributed by atoms with Crippen molar-refractivity contribution in [2.24, 2.45) is 0 Å². The molecule has 0 bridgehead atoms. The molecule has 0 saturated carbocycles. The topological polar surface area (TPSA) is 41.6 Å². The second-order valence-corrected chi connectivity index (χ2v) is 6.22. The van der Waals surface area contributed by atoms with Gasteiger partial charge in [-0.2, -0.15) is 0 Å². The van der Waals surface area contributed by atoms with E-state index >= 15 is 0 Å².